The quantitative estimate of drug-likeness (QED) is 0.512. The summed E-state index contributed by atoms with van der Waals surface area (Å²) in [5.41, 5.74) is -0.0763. The molecule has 0 bridgehead atoms. The van der Waals surface area contributed by atoms with Crippen LogP contribution in [-0.2, 0) is 17.5 Å². The summed E-state index contributed by atoms with van der Waals surface area (Å²) in [7, 11) is 1.64. The van der Waals surface area contributed by atoms with E-state index in [1.54, 1.807) is 7.05 Å². The first-order chi connectivity index (χ1) is 13.5. The van der Waals surface area contributed by atoms with Gasteiger partial charge in [-0.15, -0.1) is 0 Å². The van der Waals surface area contributed by atoms with Crippen molar-refractivity contribution in [1.29, 1.82) is 0 Å². The SMILES string of the molecule is CN=C(NCC(=O)NC(C)(C)C)NC1CCN(Cc2ccc(C(F)(F)F)cc2)C1. The highest BCUT2D eigenvalue weighted by molar-refractivity contribution is 5.86. The van der Waals surface area contributed by atoms with E-state index in [4.69, 9.17) is 0 Å². The standard InChI is InChI=1S/C20H30F3N5O/c1-19(2,3)27-17(29)11-25-18(24-4)26-16-9-10-28(13-16)12-14-5-7-15(8-6-14)20(21,22)23/h5-8,16H,9-13H2,1-4H3,(H,27,29)(H2,24,25,26). The zero-order valence-electron chi connectivity index (χ0n) is 17.4. The number of amides is 1. The van der Waals surface area contributed by atoms with Gasteiger partial charge in [-0.2, -0.15) is 13.2 Å². The number of carbonyl (C=O) groups is 1. The van der Waals surface area contributed by atoms with Crippen molar-refractivity contribution in [3.05, 3.63) is 35.4 Å². The first-order valence-corrected chi connectivity index (χ1v) is 9.63. The molecule has 1 aromatic rings. The second-order valence-electron chi connectivity index (χ2n) is 8.28. The number of alkyl halides is 3. The number of guanidine groups is 1. The predicted octanol–water partition coefficient (Wildman–Crippen LogP) is 2.36. The van der Waals surface area contributed by atoms with Crippen LogP contribution in [0.4, 0.5) is 13.2 Å². The molecule has 1 unspecified atom stereocenters. The van der Waals surface area contributed by atoms with Gasteiger partial charge < -0.3 is 16.0 Å². The third-order valence-corrected chi connectivity index (χ3v) is 4.46. The van der Waals surface area contributed by atoms with Gasteiger partial charge >= 0.3 is 6.18 Å². The van der Waals surface area contributed by atoms with Crippen molar-refractivity contribution in [2.24, 2.45) is 4.99 Å². The number of nitrogens with one attached hydrogen (secondary N) is 3. The summed E-state index contributed by atoms with van der Waals surface area (Å²) in [4.78, 5) is 18.3. The van der Waals surface area contributed by atoms with E-state index in [1.165, 1.54) is 12.1 Å². The lowest BCUT2D eigenvalue weighted by molar-refractivity contribution is -0.137. The van der Waals surface area contributed by atoms with E-state index in [0.717, 1.165) is 37.2 Å². The number of nitrogens with zero attached hydrogens (tertiary/aromatic N) is 2. The molecule has 0 spiro atoms. The van der Waals surface area contributed by atoms with Crippen LogP contribution in [0.25, 0.3) is 0 Å². The van der Waals surface area contributed by atoms with Gasteiger partial charge in [-0.1, -0.05) is 12.1 Å². The highest BCUT2D eigenvalue weighted by atomic mass is 19.4. The van der Waals surface area contributed by atoms with E-state index in [9.17, 15) is 18.0 Å². The first-order valence-electron chi connectivity index (χ1n) is 9.63. The molecule has 1 amide bonds. The van der Waals surface area contributed by atoms with Crippen molar-refractivity contribution in [2.45, 2.75) is 51.5 Å². The molecule has 9 heteroatoms. The number of carbonyl (C=O) groups excluding carboxylic acids is 1. The minimum atomic E-state index is -4.31. The Morgan fingerprint density at radius 1 is 1.21 bits per heavy atom. The summed E-state index contributed by atoms with van der Waals surface area (Å²) in [6, 6.07) is 5.45. The number of likely N-dealkylation sites (tertiary alicyclic amines) is 1. The molecule has 6 nitrogen and oxygen atoms in total. The summed E-state index contributed by atoms with van der Waals surface area (Å²) >= 11 is 0. The second kappa shape index (κ2) is 9.47. The van der Waals surface area contributed by atoms with Crippen molar-refractivity contribution in [3.8, 4) is 0 Å². The van der Waals surface area contributed by atoms with Gasteiger partial charge in [-0.25, -0.2) is 0 Å². The zero-order chi connectivity index (χ0) is 21.7. The van der Waals surface area contributed by atoms with Gasteiger partial charge in [0.2, 0.25) is 5.91 Å². The Bertz CT molecular complexity index is 710. The molecule has 1 heterocycles. The normalized spacial score (nSPS) is 18.6. The average molecular weight is 413 g/mol. The minimum Gasteiger partial charge on any atom is -0.352 e. The zero-order valence-corrected chi connectivity index (χ0v) is 17.4. The number of aliphatic imine (C=N–C) groups is 1. The molecule has 1 fully saturated rings. The fraction of sp³-hybridized carbons (Fsp3) is 0.600. The second-order valence-corrected chi connectivity index (χ2v) is 8.28. The maximum Gasteiger partial charge on any atom is 0.416 e. The summed E-state index contributed by atoms with van der Waals surface area (Å²) in [5.74, 6) is 0.436. The van der Waals surface area contributed by atoms with Gasteiger partial charge in [-0.05, 0) is 44.9 Å². The summed E-state index contributed by atoms with van der Waals surface area (Å²) in [6.45, 7) is 8.05. The van der Waals surface area contributed by atoms with Crippen LogP contribution in [0, 0.1) is 0 Å². The van der Waals surface area contributed by atoms with E-state index < -0.39 is 11.7 Å². The molecule has 1 saturated heterocycles. The van der Waals surface area contributed by atoms with Crippen molar-refractivity contribution in [2.75, 3.05) is 26.7 Å². The first kappa shape index (κ1) is 23.0. The average Bonchev–Trinajstić information content (AvgIpc) is 3.03. The topological polar surface area (TPSA) is 68.8 Å². The minimum absolute atomic E-state index is 0.115. The predicted molar refractivity (Wildman–Crippen MR) is 108 cm³/mol. The van der Waals surface area contributed by atoms with Crippen LogP contribution >= 0.6 is 0 Å². The molecule has 2 rings (SSSR count). The van der Waals surface area contributed by atoms with Gasteiger partial charge in [0.05, 0.1) is 12.1 Å². The Morgan fingerprint density at radius 3 is 2.41 bits per heavy atom. The highest BCUT2D eigenvalue weighted by Crippen LogP contribution is 2.29. The maximum absolute atomic E-state index is 12.7. The van der Waals surface area contributed by atoms with Crippen LogP contribution in [0.5, 0.6) is 0 Å². The number of rotatable bonds is 5. The lowest BCUT2D eigenvalue weighted by Gasteiger charge is -2.22. The smallest absolute Gasteiger partial charge is 0.352 e. The van der Waals surface area contributed by atoms with E-state index in [-0.39, 0.29) is 24.0 Å². The van der Waals surface area contributed by atoms with Crippen LogP contribution < -0.4 is 16.0 Å². The Labute approximate surface area is 169 Å². The largest absolute Gasteiger partial charge is 0.416 e. The Kier molecular flexibility index (Phi) is 7.51. The molecule has 0 aromatic heterocycles. The van der Waals surface area contributed by atoms with Crippen LogP contribution in [0.2, 0.25) is 0 Å². The summed E-state index contributed by atoms with van der Waals surface area (Å²) < 4.78 is 38.0. The lowest BCUT2D eigenvalue weighted by Crippen LogP contribution is -2.50. The number of benzene rings is 1. The third-order valence-electron chi connectivity index (χ3n) is 4.46. The fourth-order valence-corrected chi connectivity index (χ4v) is 3.17. The van der Waals surface area contributed by atoms with Crippen molar-refractivity contribution in [1.82, 2.24) is 20.9 Å². The molecule has 1 aliphatic rings. The molecule has 162 valence electrons. The molecule has 0 saturated carbocycles. The molecule has 1 atom stereocenters. The van der Waals surface area contributed by atoms with Gasteiger partial charge in [0, 0.05) is 38.3 Å². The summed E-state index contributed by atoms with van der Waals surface area (Å²) in [5, 5.41) is 9.18. The van der Waals surface area contributed by atoms with E-state index in [0.29, 0.717) is 12.5 Å². The van der Waals surface area contributed by atoms with Gasteiger partial charge in [0.15, 0.2) is 5.96 Å². The number of hydrogen-bond acceptors (Lipinski definition) is 3. The Morgan fingerprint density at radius 2 is 1.86 bits per heavy atom. The molecular weight excluding hydrogens is 383 g/mol. The fourth-order valence-electron chi connectivity index (χ4n) is 3.17. The van der Waals surface area contributed by atoms with Crippen molar-refractivity contribution in [3.63, 3.8) is 0 Å². The highest BCUT2D eigenvalue weighted by Gasteiger charge is 2.30. The van der Waals surface area contributed by atoms with E-state index >= 15 is 0 Å². The maximum atomic E-state index is 12.7. The molecule has 29 heavy (non-hydrogen) atoms. The molecule has 3 N–H and O–H groups in total. The molecule has 1 aromatic carbocycles. The molecule has 0 radical (unpaired) electrons. The summed E-state index contributed by atoms with van der Waals surface area (Å²) in [6.07, 6.45) is -3.43. The van der Waals surface area contributed by atoms with Crippen LogP contribution in [0.15, 0.2) is 29.3 Å². The van der Waals surface area contributed by atoms with Crippen molar-refractivity contribution < 1.29 is 18.0 Å². The van der Waals surface area contributed by atoms with Crippen LogP contribution in [-0.4, -0.2) is 55.0 Å². The lowest BCUT2D eigenvalue weighted by atomic mass is 10.1. The van der Waals surface area contributed by atoms with E-state index in [2.05, 4.69) is 25.8 Å². The third kappa shape index (κ3) is 7.92. The molecule has 0 aliphatic carbocycles. The Hall–Kier alpha value is -2.29. The monoisotopic (exact) mass is 413 g/mol. The number of halogens is 3. The van der Waals surface area contributed by atoms with Crippen LogP contribution in [0.3, 0.4) is 0 Å². The number of hydrogen-bond donors (Lipinski definition) is 3. The van der Waals surface area contributed by atoms with Gasteiger partial charge in [0.25, 0.3) is 0 Å². The Balaban J connectivity index is 1.79. The van der Waals surface area contributed by atoms with Gasteiger partial charge in [-0.3, -0.25) is 14.7 Å². The molecular formula is C20H30F3N5O. The van der Waals surface area contributed by atoms with Crippen LogP contribution in [0.1, 0.15) is 38.3 Å². The van der Waals surface area contributed by atoms with Crippen molar-refractivity contribution >= 4 is 11.9 Å². The molecule has 1 aliphatic heterocycles. The van der Waals surface area contributed by atoms with E-state index in [1.807, 2.05) is 20.8 Å². The van der Waals surface area contributed by atoms with Gasteiger partial charge in [0.1, 0.15) is 0 Å².